The molecule has 0 saturated carbocycles. The molecule has 13 aromatic rings. The zero-order chi connectivity index (χ0) is 48.5. The fraction of sp³-hybridized carbons (Fsp3) is 0.0597. The Morgan fingerprint density at radius 2 is 0.653 bits per heavy atom. The molecule has 3 aromatic heterocycles. The van der Waals surface area contributed by atoms with Crippen molar-refractivity contribution in [2.24, 2.45) is 0 Å². The predicted octanol–water partition coefficient (Wildman–Crippen LogP) is 17.3. The lowest BCUT2D eigenvalue weighted by molar-refractivity contribution is 1.06. The van der Waals surface area contributed by atoms with Gasteiger partial charge in [0.15, 0.2) is 17.5 Å². The molecule has 13 rings (SSSR count). The highest BCUT2D eigenvalue weighted by atomic mass is 15.1. The van der Waals surface area contributed by atoms with Crippen LogP contribution in [0.2, 0.25) is 0 Å². The van der Waals surface area contributed by atoms with Gasteiger partial charge in [0.2, 0.25) is 0 Å². The van der Waals surface area contributed by atoms with Crippen molar-refractivity contribution in [3.8, 4) is 78.9 Å². The van der Waals surface area contributed by atoms with Crippen molar-refractivity contribution in [1.82, 2.24) is 24.1 Å². The molecule has 0 saturated heterocycles. The molecule has 0 aliphatic carbocycles. The third-order valence-electron chi connectivity index (χ3n) is 14.1. The number of rotatable bonds is 8. The van der Waals surface area contributed by atoms with E-state index in [0.29, 0.717) is 17.5 Å². The van der Waals surface area contributed by atoms with Crippen molar-refractivity contribution in [3.63, 3.8) is 0 Å². The predicted molar refractivity (Wildman–Crippen MR) is 300 cm³/mol. The Labute approximate surface area is 419 Å². The molecule has 0 N–H and O–H groups in total. The fourth-order valence-electron chi connectivity index (χ4n) is 11.0. The summed E-state index contributed by atoms with van der Waals surface area (Å²) in [5.74, 6) is 1.81. The van der Waals surface area contributed by atoms with E-state index in [0.717, 1.165) is 61.3 Å². The molecule has 0 amide bonds. The van der Waals surface area contributed by atoms with E-state index in [1.807, 2.05) is 36.4 Å². The van der Waals surface area contributed by atoms with Gasteiger partial charge in [0.25, 0.3) is 0 Å². The van der Waals surface area contributed by atoms with Gasteiger partial charge in [-0.3, -0.25) is 0 Å². The first-order chi connectivity index (χ1) is 35.3. The summed E-state index contributed by atoms with van der Waals surface area (Å²) in [6.07, 6.45) is 0. The van der Waals surface area contributed by atoms with Crippen LogP contribution in [-0.2, 0) is 0 Å². The van der Waals surface area contributed by atoms with Gasteiger partial charge in [0, 0.05) is 43.8 Å². The highest BCUT2D eigenvalue weighted by molar-refractivity contribution is 6.13. The Balaban J connectivity index is 1.11. The van der Waals surface area contributed by atoms with E-state index in [2.05, 4.69) is 225 Å². The van der Waals surface area contributed by atoms with Crippen molar-refractivity contribution in [3.05, 3.63) is 247 Å². The van der Waals surface area contributed by atoms with Gasteiger partial charge in [0.05, 0.1) is 33.4 Å². The first-order valence-electron chi connectivity index (χ1n) is 24.7. The summed E-state index contributed by atoms with van der Waals surface area (Å²) in [7, 11) is 0. The van der Waals surface area contributed by atoms with Crippen molar-refractivity contribution in [1.29, 1.82) is 0 Å². The highest BCUT2D eigenvalue weighted by Crippen LogP contribution is 2.43. The topological polar surface area (TPSA) is 48.5 Å². The summed E-state index contributed by atoms with van der Waals surface area (Å²) < 4.78 is 4.83. The lowest BCUT2D eigenvalue weighted by Crippen LogP contribution is -2.04. The van der Waals surface area contributed by atoms with Crippen molar-refractivity contribution < 1.29 is 0 Å². The standard InChI is InChI=1S/C67H49N5/c1-42-33-43(2)36-51(35-42)48-27-30-62-56(39-48)57-40-49(52-37-44(3)34-45(4)38-52)28-31-63(57)72(62)64-32-29-50(53-21-11-14-24-59(53)71-60-25-15-12-22-54(60)55-23-13-16-26-61(55)71)41-58(64)67-69-65(46-17-7-5-8-18-46)68-66(70-67)47-19-9-6-10-20-47/h5-41H,1-4H3. The summed E-state index contributed by atoms with van der Waals surface area (Å²) in [6, 6.07) is 81.0. The van der Waals surface area contributed by atoms with E-state index in [1.54, 1.807) is 0 Å². The molecule has 3 heterocycles. The minimum Gasteiger partial charge on any atom is -0.309 e. The zero-order valence-electron chi connectivity index (χ0n) is 40.6. The van der Waals surface area contributed by atoms with E-state index in [9.17, 15) is 0 Å². The van der Waals surface area contributed by atoms with E-state index in [-0.39, 0.29) is 0 Å². The van der Waals surface area contributed by atoms with Crippen LogP contribution in [0.15, 0.2) is 224 Å². The SMILES string of the molecule is Cc1cc(C)cc(-c2ccc3c(c2)c2cc(-c4cc(C)cc(C)c4)ccc2n3-c2ccc(-c3ccccc3-n3c4ccccc4c4ccccc43)cc2-c2nc(-c3ccccc3)nc(-c3ccccc3)n2)c1. The van der Waals surface area contributed by atoms with Gasteiger partial charge in [-0.1, -0.05) is 192 Å². The molecular weight excluding hydrogens is 875 g/mol. The quantitative estimate of drug-likeness (QED) is 0.153. The second-order valence-corrected chi connectivity index (χ2v) is 19.2. The number of para-hydroxylation sites is 3. The molecule has 0 aliphatic rings. The van der Waals surface area contributed by atoms with Gasteiger partial charge < -0.3 is 9.13 Å². The molecule has 0 radical (unpaired) electrons. The maximum atomic E-state index is 5.42. The Morgan fingerprint density at radius 1 is 0.250 bits per heavy atom. The average Bonchev–Trinajstić information content (AvgIpc) is 3.92. The van der Waals surface area contributed by atoms with E-state index < -0.39 is 0 Å². The number of aromatic nitrogens is 5. The van der Waals surface area contributed by atoms with E-state index in [4.69, 9.17) is 15.0 Å². The van der Waals surface area contributed by atoms with E-state index in [1.165, 1.54) is 66.1 Å². The number of fused-ring (bicyclic) bond motifs is 6. The summed E-state index contributed by atoms with van der Waals surface area (Å²) in [5.41, 5.74) is 21.2. The zero-order valence-corrected chi connectivity index (χ0v) is 40.6. The first kappa shape index (κ1) is 42.9. The normalized spacial score (nSPS) is 11.6. The first-order valence-corrected chi connectivity index (χ1v) is 24.7. The molecule has 5 nitrogen and oxygen atoms in total. The van der Waals surface area contributed by atoms with Crippen LogP contribution >= 0.6 is 0 Å². The van der Waals surface area contributed by atoms with Crippen LogP contribution in [0.4, 0.5) is 0 Å². The molecule has 342 valence electrons. The van der Waals surface area contributed by atoms with Crippen LogP contribution < -0.4 is 0 Å². The number of nitrogens with zero attached hydrogens (tertiary/aromatic N) is 5. The molecule has 0 bridgehead atoms. The van der Waals surface area contributed by atoms with Gasteiger partial charge in [-0.2, -0.15) is 0 Å². The second-order valence-electron chi connectivity index (χ2n) is 19.2. The maximum absolute atomic E-state index is 5.42. The molecule has 10 aromatic carbocycles. The Bertz CT molecular complexity index is 4000. The van der Waals surface area contributed by atoms with Crippen molar-refractivity contribution >= 4 is 43.6 Å². The van der Waals surface area contributed by atoms with Crippen LogP contribution in [0.25, 0.3) is 123 Å². The molecule has 0 fully saturated rings. The maximum Gasteiger partial charge on any atom is 0.166 e. The largest absolute Gasteiger partial charge is 0.309 e. The monoisotopic (exact) mass is 923 g/mol. The summed E-state index contributed by atoms with van der Waals surface area (Å²) in [4.78, 5) is 16.0. The number of aryl methyl sites for hydroxylation is 4. The summed E-state index contributed by atoms with van der Waals surface area (Å²) in [6.45, 7) is 8.71. The third kappa shape index (κ3) is 7.46. The lowest BCUT2D eigenvalue weighted by Gasteiger charge is -2.18. The fourth-order valence-corrected chi connectivity index (χ4v) is 11.0. The lowest BCUT2D eigenvalue weighted by atomic mass is 9.97. The van der Waals surface area contributed by atoms with Crippen LogP contribution in [0.3, 0.4) is 0 Å². The number of hydrogen-bond acceptors (Lipinski definition) is 3. The number of benzene rings is 10. The van der Waals surface area contributed by atoms with Gasteiger partial charge in [-0.15, -0.1) is 0 Å². The van der Waals surface area contributed by atoms with Gasteiger partial charge in [0.1, 0.15) is 0 Å². The molecule has 5 heteroatoms. The van der Waals surface area contributed by atoms with Gasteiger partial charge in [-0.05, 0) is 110 Å². The van der Waals surface area contributed by atoms with Crippen LogP contribution in [0.1, 0.15) is 22.3 Å². The average molecular weight is 924 g/mol. The summed E-state index contributed by atoms with van der Waals surface area (Å²) in [5, 5.41) is 4.79. The van der Waals surface area contributed by atoms with E-state index >= 15 is 0 Å². The molecule has 0 aliphatic heterocycles. The molecule has 72 heavy (non-hydrogen) atoms. The molecule has 0 atom stereocenters. The van der Waals surface area contributed by atoms with Crippen LogP contribution in [0, 0.1) is 27.7 Å². The smallest absolute Gasteiger partial charge is 0.166 e. The van der Waals surface area contributed by atoms with Crippen molar-refractivity contribution in [2.75, 3.05) is 0 Å². The minimum absolute atomic E-state index is 0.586. The molecular formula is C67H49N5. The molecule has 0 spiro atoms. The van der Waals surface area contributed by atoms with Crippen molar-refractivity contribution in [2.45, 2.75) is 27.7 Å². The van der Waals surface area contributed by atoms with Crippen LogP contribution in [0.5, 0.6) is 0 Å². The van der Waals surface area contributed by atoms with Crippen LogP contribution in [-0.4, -0.2) is 24.1 Å². The minimum atomic E-state index is 0.586. The Hall–Kier alpha value is -9.19. The summed E-state index contributed by atoms with van der Waals surface area (Å²) >= 11 is 0. The van der Waals surface area contributed by atoms with Gasteiger partial charge >= 0.3 is 0 Å². The second kappa shape index (κ2) is 17.3. The van der Waals surface area contributed by atoms with Gasteiger partial charge in [-0.25, -0.2) is 15.0 Å². The number of hydrogen-bond donors (Lipinski definition) is 0. The highest BCUT2D eigenvalue weighted by Gasteiger charge is 2.23. The molecule has 0 unspecified atom stereocenters. The Morgan fingerprint density at radius 3 is 1.17 bits per heavy atom. The third-order valence-corrected chi connectivity index (χ3v) is 14.1. The Kier molecular flexibility index (Phi) is 10.3.